The summed E-state index contributed by atoms with van der Waals surface area (Å²) in [7, 11) is 0. The lowest BCUT2D eigenvalue weighted by atomic mass is 10.1. The van der Waals surface area contributed by atoms with E-state index in [9.17, 15) is 53.5 Å². The lowest BCUT2D eigenvalue weighted by Gasteiger charge is -2.11. The predicted octanol–water partition coefficient (Wildman–Crippen LogP) is 5.97. The zero-order valence-electron chi connectivity index (χ0n) is 14.1. The third-order valence-corrected chi connectivity index (χ3v) is 4.15. The predicted molar refractivity (Wildman–Crippen MR) is 89.4 cm³/mol. The van der Waals surface area contributed by atoms with Crippen LogP contribution in [0.4, 0.5) is 43.9 Å². The van der Waals surface area contributed by atoms with Crippen LogP contribution in [0.3, 0.4) is 0 Å². The molecule has 2 aromatic rings. The molecule has 0 fully saturated rings. The monoisotopic (exact) mass is 578 g/mol. The highest BCUT2D eigenvalue weighted by molar-refractivity contribution is 14.1. The average molecular weight is 578 g/mol. The summed E-state index contributed by atoms with van der Waals surface area (Å²) in [4.78, 5) is 20.7. The van der Waals surface area contributed by atoms with E-state index < -0.39 is 73.4 Å². The van der Waals surface area contributed by atoms with Crippen molar-refractivity contribution >= 4 is 34.5 Å². The normalized spacial score (nSPS) is 11.6. The fourth-order valence-electron chi connectivity index (χ4n) is 1.93. The first-order chi connectivity index (χ1) is 13.9. The molecule has 2 N–H and O–H groups in total. The van der Waals surface area contributed by atoms with Gasteiger partial charge in [-0.3, -0.25) is 0 Å². The Kier molecular flexibility index (Phi) is 7.91. The van der Waals surface area contributed by atoms with Crippen molar-refractivity contribution in [1.29, 1.82) is 0 Å². The first-order valence-corrected chi connectivity index (χ1v) is 8.25. The number of carbonyl (C=O) groups is 2. The molecule has 170 valence electrons. The number of carboxylic acids is 2. The summed E-state index contributed by atoms with van der Waals surface area (Å²) in [6.07, 6.45) is -10.1. The Hall–Kier alpha value is -2.59. The van der Waals surface area contributed by atoms with E-state index in [1.54, 1.807) is 0 Å². The van der Waals surface area contributed by atoms with Crippen LogP contribution in [0, 0.1) is 26.8 Å². The van der Waals surface area contributed by atoms with Crippen molar-refractivity contribution in [2.75, 3.05) is 0 Å². The first kappa shape index (κ1) is 26.4. The summed E-state index contributed by atoms with van der Waals surface area (Å²) in [6, 6.07) is 0.799. The Labute approximate surface area is 178 Å². The SMILES string of the molecule is O=C(O)c1c(I)cc(C(F)(F)F)c(F)c1F.O=C(O)c1ccc(C(F)(F)F)c(F)c1F. The van der Waals surface area contributed by atoms with Gasteiger partial charge in [-0.2, -0.15) is 26.3 Å². The molecule has 0 heterocycles. The zero-order chi connectivity index (χ0) is 24.5. The van der Waals surface area contributed by atoms with Crippen LogP contribution >= 0.6 is 22.6 Å². The molecule has 0 radical (unpaired) electrons. The van der Waals surface area contributed by atoms with Crippen molar-refractivity contribution in [3.8, 4) is 0 Å². The number of halogens is 11. The summed E-state index contributed by atoms with van der Waals surface area (Å²) in [5, 5.41) is 16.8. The minimum absolute atomic E-state index is 0.182. The molecular weight excluding hydrogens is 573 g/mol. The van der Waals surface area contributed by atoms with Gasteiger partial charge in [-0.05, 0) is 40.8 Å². The van der Waals surface area contributed by atoms with Crippen molar-refractivity contribution in [3.63, 3.8) is 0 Å². The van der Waals surface area contributed by atoms with Crippen LogP contribution in [-0.2, 0) is 12.4 Å². The number of rotatable bonds is 2. The van der Waals surface area contributed by atoms with E-state index in [1.165, 1.54) is 22.6 Å². The van der Waals surface area contributed by atoms with Crippen LogP contribution in [-0.4, -0.2) is 22.2 Å². The van der Waals surface area contributed by atoms with Crippen LogP contribution in [0.25, 0.3) is 0 Å². The van der Waals surface area contributed by atoms with Crippen molar-refractivity contribution < 1.29 is 63.7 Å². The van der Waals surface area contributed by atoms with E-state index >= 15 is 0 Å². The Morgan fingerprint density at radius 3 is 1.55 bits per heavy atom. The molecule has 0 aromatic heterocycles. The highest BCUT2D eigenvalue weighted by Crippen LogP contribution is 2.35. The van der Waals surface area contributed by atoms with Gasteiger partial charge in [0.2, 0.25) is 0 Å². The summed E-state index contributed by atoms with van der Waals surface area (Å²) in [5.41, 5.74) is -5.89. The van der Waals surface area contributed by atoms with Crippen molar-refractivity contribution in [3.05, 3.63) is 67.3 Å². The number of carboxylic acid groups (broad SMARTS) is 2. The molecule has 0 bridgehead atoms. The molecule has 0 aliphatic carbocycles. The topological polar surface area (TPSA) is 74.6 Å². The van der Waals surface area contributed by atoms with Gasteiger partial charge >= 0.3 is 24.3 Å². The second-order valence-electron chi connectivity index (χ2n) is 5.30. The molecule has 15 heteroatoms. The summed E-state index contributed by atoms with van der Waals surface area (Å²) >= 11 is 1.20. The standard InChI is InChI=1S/C8H2F5IO2.C8H3F5O2/c9-5-2(8(11,12)13)1-3(14)4(6(5)10)7(15)16;9-5-3(7(14)15)1-2-4(6(5)10)8(11,12)13/h1H,(H,15,16);1-2H,(H,14,15). The van der Waals surface area contributed by atoms with E-state index in [0.29, 0.717) is 6.07 Å². The van der Waals surface area contributed by atoms with Gasteiger partial charge in [0.15, 0.2) is 23.3 Å². The number of hydrogen-bond acceptors (Lipinski definition) is 2. The molecule has 0 aliphatic heterocycles. The van der Waals surface area contributed by atoms with E-state index in [-0.39, 0.29) is 12.1 Å². The lowest BCUT2D eigenvalue weighted by Crippen LogP contribution is -2.14. The molecule has 2 rings (SSSR count). The quantitative estimate of drug-likeness (QED) is 0.262. The van der Waals surface area contributed by atoms with Crippen LogP contribution in [0.15, 0.2) is 18.2 Å². The number of hydrogen-bond donors (Lipinski definition) is 2. The van der Waals surface area contributed by atoms with E-state index in [2.05, 4.69) is 0 Å². The summed E-state index contributed by atoms with van der Waals surface area (Å²) in [5.74, 6) is -12.1. The molecule has 0 saturated carbocycles. The maximum absolute atomic E-state index is 13.0. The second kappa shape index (κ2) is 9.27. The molecule has 4 nitrogen and oxygen atoms in total. The maximum Gasteiger partial charge on any atom is 0.419 e. The molecule has 0 spiro atoms. The minimum Gasteiger partial charge on any atom is -0.478 e. The van der Waals surface area contributed by atoms with Gasteiger partial charge in [0.05, 0.1) is 16.7 Å². The Balaban J connectivity index is 0.000000311. The average Bonchev–Trinajstić information content (AvgIpc) is 2.58. The van der Waals surface area contributed by atoms with E-state index in [4.69, 9.17) is 10.2 Å². The van der Waals surface area contributed by atoms with Crippen LogP contribution in [0.5, 0.6) is 0 Å². The summed E-state index contributed by atoms with van der Waals surface area (Å²) in [6.45, 7) is 0. The molecule has 0 amide bonds. The molecule has 0 saturated heterocycles. The molecule has 2 aromatic carbocycles. The van der Waals surface area contributed by atoms with Crippen molar-refractivity contribution in [2.24, 2.45) is 0 Å². The Morgan fingerprint density at radius 1 is 0.710 bits per heavy atom. The van der Waals surface area contributed by atoms with Crippen LogP contribution in [0.2, 0.25) is 0 Å². The number of alkyl halides is 6. The fourth-order valence-corrected chi connectivity index (χ4v) is 2.71. The largest absolute Gasteiger partial charge is 0.478 e. The smallest absolute Gasteiger partial charge is 0.419 e. The number of aromatic carboxylic acids is 2. The van der Waals surface area contributed by atoms with Gasteiger partial charge in [-0.25, -0.2) is 27.2 Å². The minimum atomic E-state index is -5.07. The summed E-state index contributed by atoms with van der Waals surface area (Å²) < 4.78 is 124. The van der Waals surface area contributed by atoms with Gasteiger partial charge in [0.1, 0.15) is 5.56 Å². The van der Waals surface area contributed by atoms with Crippen LogP contribution in [0.1, 0.15) is 31.8 Å². The molecular formula is C16H5F10IO4. The molecule has 0 unspecified atom stereocenters. The Bertz CT molecular complexity index is 1030. The van der Waals surface area contributed by atoms with Gasteiger partial charge < -0.3 is 10.2 Å². The van der Waals surface area contributed by atoms with Gasteiger partial charge in [-0.15, -0.1) is 0 Å². The fraction of sp³-hybridized carbons (Fsp3) is 0.125. The first-order valence-electron chi connectivity index (χ1n) is 7.17. The highest BCUT2D eigenvalue weighted by atomic mass is 127. The van der Waals surface area contributed by atoms with Crippen LogP contribution < -0.4 is 0 Å². The lowest BCUT2D eigenvalue weighted by molar-refractivity contribution is -0.141. The molecule has 31 heavy (non-hydrogen) atoms. The molecule has 0 aliphatic rings. The molecule has 0 atom stereocenters. The number of benzene rings is 2. The Morgan fingerprint density at radius 2 is 1.16 bits per heavy atom. The van der Waals surface area contributed by atoms with E-state index in [1.807, 2.05) is 0 Å². The van der Waals surface area contributed by atoms with Gasteiger partial charge in [0.25, 0.3) is 0 Å². The third kappa shape index (κ3) is 5.98. The zero-order valence-corrected chi connectivity index (χ0v) is 16.3. The maximum atomic E-state index is 13.0. The van der Waals surface area contributed by atoms with E-state index in [0.717, 1.165) is 0 Å². The van der Waals surface area contributed by atoms with Gasteiger partial charge in [-0.1, -0.05) is 0 Å². The van der Waals surface area contributed by atoms with Gasteiger partial charge in [0, 0.05) is 3.57 Å². The van der Waals surface area contributed by atoms with Crippen molar-refractivity contribution in [2.45, 2.75) is 12.4 Å². The highest BCUT2D eigenvalue weighted by Gasteiger charge is 2.38. The van der Waals surface area contributed by atoms with Crippen molar-refractivity contribution in [1.82, 2.24) is 0 Å². The second-order valence-corrected chi connectivity index (χ2v) is 6.47. The third-order valence-electron chi connectivity index (χ3n) is 3.30.